The third-order valence-electron chi connectivity index (χ3n) is 5.36. The van der Waals surface area contributed by atoms with E-state index in [1.54, 1.807) is 7.11 Å². The van der Waals surface area contributed by atoms with Crippen LogP contribution in [-0.4, -0.2) is 38.0 Å². The van der Waals surface area contributed by atoms with Gasteiger partial charge >= 0.3 is 5.97 Å². The predicted molar refractivity (Wildman–Crippen MR) is 118 cm³/mol. The Labute approximate surface area is 174 Å². The van der Waals surface area contributed by atoms with Crippen LogP contribution in [0.4, 0.5) is 0 Å². The van der Waals surface area contributed by atoms with E-state index in [-0.39, 0.29) is 0 Å². The Hall–Kier alpha value is -0.610. The minimum Gasteiger partial charge on any atom is -0.481 e. The average molecular weight is 401 g/mol. The van der Waals surface area contributed by atoms with Gasteiger partial charge < -0.3 is 14.6 Å². The molecule has 168 valence electrons. The van der Waals surface area contributed by atoms with Crippen molar-refractivity contribution in [2.45, 2.75) is 122 Å². The van der Waals surface area contributed by atoms with Crippen molar-refractivity contribution < 1.29 is 19.4 Å². The molecule has 0 aliphatic heterocycles. The number of aliphatic carboxylic acids is 1. The molecule has 0 heterocycles. The molecule has 0 aromatic carbocycles. The molecule has 0 atom stereocenters. The van der Waals surface area contributed by atoms with Crippen LogP contribution < -0.4 is 0 Å². The molecule has 1 N–H and O–H groups in total. The Morgan fingerprint density at radius 1 is 0.536 bits per heavy atom. The van der Waals surface area contributed by atoms with Gasteiger partial charge in [-0.1, -0.05) is 103 Å². The molecule has 0 aromatic heterocycles. The summed E-state index contributed by atoms with van der Waals surface area (Å²) in [6.45, 7) is 2.32. The van der Waals surface area contributed by atoms with Crippen LogP contribution in [0.2, 0.25) is 0 Å². The van der Waals surface area contributed by atoms with Crippen LogP contribution >= 0.6 is 0 Å². The topological polar surface area (TPSA) is 55.8 Å². The molecule has 0 fully saturated rings. The number of carbonyl (C=O) groups is 1. The van der Waals surface area contributed by atoms with E-state index in [2.05, 4.69) is 0 Å². The van der Waals surface area contributed by atoms with E-state index in [1.807, 2.05) is 0 Å². The Bertz CT molecular complexity index is 307. The number of ether oxygens (including phenoxy) is 2. The van der Waals surface area contributed by atoms with Crippen LogP contribution in [0.25, 0.3) is 0 Å². The van der Waals surface area contributed by atoms with Gasteiger partial charge in [0, 0.05) is 20.1 Å². The maximum Gasteiger partial charge on any atom is 0.303 e. The fourth-order valence-electron chi connectivity index (χ4n) is 3.55. The Morgan fingerprint density at radius 2 is 0.893 bits per heavy atom. The molecule has 0 saturated heterocycles. The molecule has 0 aliphatic carbocycles. The summed E-state index contributed by atoms with van der Waals surface area (Å²) in [5.41, 5.74) is 0. The van der Waals surface area contributed by atoms with Gasteiger partial charge in [-0.3, -0.25) is 4.79 Å². The minimum absolute atomic E-state index is 0.338. The van der Waals surface area contributed by atoms with Crippen molar-refractivity contribution >= 4 is 5.97 Å². The third-order valence-corrected chi connectivity index (χ3v) is 5.36. The lowest BCUT2D eigenvalue weighted by Crippen LogP contribution is -2.02. The number of methoxy groups -OCH3 is 1. The van der Waals surface area contributed by atoms with Gasteiger partial charge in [-0.2, -0.15) is 0 Å². The van der Waals surface area contributed by atoms with E-state index in [0.717, 1.165) is 26.1 Å². The summed E-state index contributed by atoms with van der Waals surface area (Å²) < 4.78 is 10.4. The van der Waals surface area contributed by atoms with Crippen molar-refractivity contribution in [1.29, 1.82) is 0 Å². The van der Waals surface area contributed by atoms with Crippen LogP contribution in [0.3, 0.4) is 0 Å². The van der Waals surface area contributed by atoms with Crippen molar-refractivity contribution in [3.63, 3.8) is 0 Å². The van der Waals surface area contributed by atoms with Gasteiger partial charge in [0.15, 0.2) is 0 Å². The van der Waals surface area contributed by atoms with E-state index < -0.39 is 5.97 Å². The minimum atomic E-state index is -0.657. The summed E-state index contributed by atoms with van der Waals surface area (Å²) in [6, 6.07) is 0. The molecule has 0 aromatic rings. The second kappa shape index (κ2) is 24.4. The van der Waals surface area contributed by atoms with Crippen molar-refractivity contribution in [3.8, 4) is 0 Å². The summed E-state index contributed by atoms with van der Waals surface area (Å²) >= 11 is 0. The normalized spacial score (nSPS) is 11.2. The highest BCUT2D eigenvalue weighted by atomic mass is 16.5. The number of unbranched alkanes of at least 4 members (excludes halogenated alkanes) is 17. The van der Waals surface area contributed by atoms with Crippen LogP contribution in [0.1, 0.15) is 122 Å². The Balaban J connectivity index is 2.99. The quantitative estimate of drug-likeness (QED) is 0.175. The lowest BCUT2D eigenvalue weighted by atomic mass is 10.0. The molecule has 0 radical (unpaired) electrons. The molecular formula is C24H48O4. The van der Waals surface area contributed by atoms with Crippen molar-refractivity contribution in [2.75, 3.05) is 26.9 Å². The highest BCUT2D eigenvalue weighted by Crippen LogP contribution is 2.14. The highest BCUT2D eigenvalue weighted by Gasteiger charge is 1.97. The first-order valence-electron chi connectivity index (χ1n) is 12.1. The van der Waals surface area contributed by atoms with E-state index in [0.29, 0.717) is 13.0 Å². The Kier molecular flexibility index (Phi) is 23.9. The molecule has 0 amide bonds. The van der Waals surface area contributed by atoms with Gasteiger partial charge in [-0.15, -0.1) is 0 Å². The first-order valence-corrected chi connectivity index (χ1v) is 12.1. The van der Waals surface area contributed by atoms with Crippen molar-refractivity contribution in [1.82, 2.24) is 0 Å². The molecule has 0 unspecified atom stereocenters. The standard InChI is InChI=1S/C24H48O4/c1-27-22-23-28-21-19-17-15-13-11-9-7-5-3-2-4-6-8-10-12-14-16-18-20-24(25)26/h2-23H2,1H3,(H,25,26). The van der Waals surface area contributed by atoms with E-state index >= 15 is 0 Å². The zero-order valence-electron chi connectivity index (χ0n) is 18.7. The molecule has 28 heavy (non-hydrogen) atoms. The molecule has 0 rings (SSSR count). The van der Waals surface area contributed by atoms with Crippen molar-refractivity contribution in [2.24, 2.45) is 0 Å². The molecule has 0 bridgehead atoms. The van der Waals surface area contributed by atoms with Gasteiger partial charge in [-0.05, 0) is 12.8 Å². The fraction of sp³-hybridized carbons (Fsp3) is 0.958. The molecule has 0 saturated carbocycles. The maximum atomic E-state index is 10.4. The predicted octanol–water partition coefficient (Wildman–Crippen LogP) is 7.15. The number of hydrogen-bond donors (Lipinski definition) is 1. The zero-order valence-corrected chi connectivity index (χ0v) is 18.7. The summed E-state index contributed by atoms with van der Waals surface area (Å²) in [6.07, 6.45) is 23.9. The van der Waals surface area contributed by atoms with E-state index in [1.165, 1.54) is 103 Å². The third kappa shape index (κ3) is 25.4. The molecule has 0 spiro atoms. The van der Waals surface area contributed by atoms with Gasteiger partial charge in [0.1, 0.15) is 0 Å². The maximum absolute atomic E-state index is 10.4. The monoisotopic (exact) mass is 400 g/mol. The fourth-order valence-corrected chi connectivity index (χ4v) is 3.55. The molecule has 4 nitrogen and oxygen atoms in total. The van der Waals surface area contributed by atoms with Crippen LogP contribution in [0, 0.1) is 0 Å². The molecule has 4 heteroatoms. The van der Waals surface area contributed by atoms with Crippen LogP contribution in [0.5, 0.6) is 0 Å². The summed E-state index contributed by atoms with van der Waals surface area (Å²) in [4.78, 5) is 10.4. The number of carboxylic acid groups (broad SMARTS) is 1. The van der Waals surface area contributed by atoms with Crippen molar-refractivity contribution in [3.05, 3.63) is 0 Å². The average Bonchev–Trinajstić information content (AvgIpc) is 2.68. The smallest absolute Gasteiger partial charge is 0.303 e. The molecule has 0 aliphatic rings. The van der Waals surface area contributed by atoms with Crippen LogP contribution in [-0.2, 0) is 14.3 Å². The first kappa shape index (κ1) is 27.4. The Morgan fingerprint density at radius 3 is 1.25 bits per heavy atom. The first-order chi connectivity index (χ1) is 13.8. The SMILES string of the molecule is COCCOCCCCCCCCCCCCCCCCCCCCC(=O)O. The van der Waals surface area contributed by atoms with E-state index in [9.17, 15) is 4.79 Å². The van der Waals surface area contributed by atoms with Gasteiger partial charge in [-0.25, -0.2) is 0 Å². The van der Waals surface area contributed by atoms with Gasteiger partial charge in [0.2, 0.25) is 0 Å². The summed E-state index contributed by atoms with van der Waals surface area (Å²) in [5.74, 6) is -0.657. The van der Waals surface area contributed by atoms with Crippen LogP contribution in [0.15, 0.2) is 0 Å². The second-order valence-electron chi connectivity index (χ2n) is 8.11. The molecular weight excluding hydrogens is 352 g/mol. The number of carboxylic acids is 1. The van der Waals surface area contributed by atoms with Gasteiger partial charge in [0.05, 0.1) is 13.2 Å². The number of hydrogen-bond acceptors (Lipinski definition) is 3. The zero-order chi connectivity index (χ0) is 20.5. The van der Waals surface area contributed by atoms with Gasteiger partial charge in [0.25, 0.3) is 0 Å². The highest BCUT2D eigenvalue weighted by molar-refractivity contribution is 5.66. The lowest BCUT2D eigenvalue weighted by Gasteiger charge is -2.04. The summed E-state index contributed by atoms with van der Waals surface area (Å²) in [7, 11) is 1.71. The second-order valence-corrected chi connectivity index (χ2v) is 8.11. The lowest BCUT2D eigenvalue weighted by molar-refractivity contribution is -0.137. The number of rotatable bonds is 24. The largest absolute Gasteiger partial charge is 0.481 e. The summed E-state index contributed by atoms with van der Waals surface area (Å²) in [5, 5.41) is 8.58. The van der Waals surface area contributed by atoms with E-state index in [4.69, 9.17) is 14.6 Å².